The zero-order chi connectivity index (χ0) is 14.5. The smallest absolute Gasteiger partial charge is 0.313 e. The predicted octanol–water partition coefficient (Wildman–Crippen LogP) is 2.75. The topological polar surface area (TPSA) is 55.1 Å². The number of halogens is 1. The van der Waals surface area contributed by atoms with Crippen LogP contribution in [0.2, 0.25) is 0 Å². The number of benzene rings is 1. The van der Waals surface area contributed by atoms with Crippen molar-refractivity contribution in [1.29, 1.82) is 0 Å². The molecule has 1 heterocycles. The molecule has 0 aliphatic carbocycles. The van der Waals surface area contributed by atoms with Crippen LogP contribution in [0.15, 0.2) is 35.6 Å². The number of imidazole rings is 1. The summed E-state index contributed by atoms with van der Waals surface area (Å²) in [6.45, 7) is 2.63. The first kappa shape index (κ1) is 14.6. The molecule has 0 amide bonds. The number of carboxylic acid groups (broad SMARTS) is 1. The Morgan fingerprint density at radius 1 is 1.40 bits per heavy atom. The Bertz CT molecular complexity index is 596. The van der Waals surface area contributed by atoms with E-state index in [-0.39, 0.29) is 11.6 Å². The van der Waals surface area contributed by atoms with E-state index >= 15 is 0 Å². The molecule has 1 aromatic carbocycles. The summed E-state index contributed by atoms with van der Waals surface area (Å²) in [6, 6.07) is 6.39. The van der Waals surface area contributed by atoms with Crippen LogP contribution in [-0.4, -0.2) is 26.4 Å². The van der Waals surface area contributed by atoms with Gasteiger partial charge in [-0.25, -0.2) is 9.37 Å². The van der Waals surface area contributed by atoms with E-state index in [9.17, 15) is 9.18 Å². The highest BCUT2D eigenvalue weighted by Gasteiger charge is 2.09. The first-order valence-electron chi connectivity index (χ1n) is 6.17. The average molecular weight is 294 g/mol. The number of aliphatic carboxylic acids is 1. The van der Waals surface area contributed by atoms with Crippen molar-refractivity contribution in [2.24, 2.45) is 0 Å². The van der Waals surface area contributed by atoms with Gasteiger partial charge < -0.3 is 9.67 Å². The number of thioether (sulfide) groups is 1. The molecule has 0 aliphatic rings. The van der Waals surface area contributed by atoms with Crippen molar-refractivity contribution in [2.75, 3.05) is 5.75 Å². The zero-order valence-corrected chi connectivity index (χ0v) is 11.9. The minimum Gasteiger partial charge on any atom is -0.481 e. The van der Waals surface area contributed by atoms with Gasteiger partial charge in [0.2, 0.25) is 0 Å². The number of aryl methyl sites for hydroxylation is 2. The van der Waals surface area contributed by atoms with Crippen molar-refractivity contribution in [3.63, 3.8) is 0 Å². The third kappa shape index (κ3) is 3.84. The van der Waals surface area contributed by atoms with Gasteiger partial charge in [0.05, 0.1) is 5.75 Å². The monoisotopic (exact) mass is 294 g/mol. The Morgan fingerprint density at radius 3 is 2.75 bits per heavy atom. The highest BCUT2D eigenvalue weighted by atomic mass is 32.2. The summed E-state index contributed by atoms with van der Waals surface area (Å²) in [5.74, 6) is -1.11. The molecule has 0 fully saturated rings. The van der Waals surface area contributed by atoms with E-state index in [1.165, 1.54) is 23.9 Å². The summed E-state index contributed by atoms with van der Waals surface area (Å²) in [5.41, 5.74) is 2.02. The van der Waals surface area contributed by atoms with E-state index in [0.29, 0.717) is 11.7 Å². The Hall–Kier alpha value is -1.82. The largest absolute Gasteiger partial charge is 0.481 e. The Labute approximate surface area is 120 Å². The van der Waals surface area contributed by atoms with Gasteiger partial charge in [-0.3, -0.25) is 4.79 Å². The molecule has 0 aliphatic heterocycles. The lowest BCUT2D eigenvalue weighted by Crippen LogP contribution is -2.07. The molecule has 106 valence electrons. The van der Waals surface area contributed by atoms with Crippen molar-refractivity contribution in [1.82, 2.24) is 9.55 Å². The van der Waals surface area contributed by atoms with Crippen LogP contribution in [0.4, 0.5) is 4.39 Å². The molecule has 0 saturated carbocycles. The molecule has 2 aromatic rings. The second-order valence-electron chi connectivity index (χ2n) is 4.39. The van der Waals surface area contributed by atoms with Crippen molar-refractivity contribution in [3.05, 3.63) is 47.5 Å². The van der Waals surface area contributed by atoms with Crippen molar-refractivity contribution in [2.45, 2.75) is 25.0 Å². The van der Waals surface area contributed by atoms with Gasteiger partial charge in [-0.1, -0.05) is 23.9 Å². The van der Waals surface area contributed by atoms with Gasteiger partial charge in [0.15, 0.2) is 5.16 Å². The summed E-state index contributed by atoms with van der Waals surface area (Å²) < 4.78 is 14.8. The molecule has 0 bridgehead atoms. The van der Waals surface area contributed by atoms with Crippen molar-refractivity contribution < 1.29 is 14.3 Å². The Kier molecular flexibility index (Phi) is 4.79. The molecule has 2 rings (SSSR count). The average Bonchev–Trinajstić information content (AvgIpc) is 2.76. The van der Waals surface area contributed by atoms with Crippen LogP contribution in [0.5, 0.6) is 0 Å². The quantitative estimate of drug-likeness (QED) is 0.832. The number of aromatic nitrogens is 2. The first-order chi connectivity index (χ1) is 9.56. The number of rotatable bonds is 6. The fraction of sp³-hybridized carbons (Fsp3) is 0.286. The molecule has 0 saturated heterocycles. The second-order valence-corrected chi connectivity index (χ2v) is 5.34. The van der Waals surface area contributed by atoms with Crippen LogP contribution < -0.4 is 0 Å². The van der Waals surface area contributed by atoms with E-state index in [1.807, 2.05) is 11.5 Å². The molecule has 1 N–H and O–H groups in total. The van der Waals surface area contributed by atoms with Gasteiger partial charge in [0.25, 0.3) is 0 Å². The molecular weight excluding hydrogens is 279 g/mol. The van der Waals surface area contributed by atoms with Gasteiger partial charge in [-0.05, 0) is 31.0 Å². The summed E-state index contributed by atoms with van der Waals surface area (Å²) in [6.07, 6.45) is 2.48. The van der Waals surface area contributed by atoms with Gasteiger partial charge >= 0.3 is 5.97 Å². The lowest BCUT2D eigenvalue weighted by Gasteiger charge is -2.09. The third-order valence-electron chi connectivity index (χ3n) is 2.88. The molecule has 0 atom stereocenters. The maximum absolute atomic E-state index is 12.8. The van der Waals surface area contributed by atoms with Crippen molar-refractivity contribution in [3.8, 4) is 0 Å². The summed E-state index contributed by atoms with van der Waals surface area (Å²) >= 11 is 1.21. The third-order valence-corrected chi connectivity index (χ3v) is 3.86. The van der Waals surface area contributed by atoms with Crippen LogP contribution in [0.25, 0.3) is 0 Å². The number of hydrogen-bond donors (Lipinski definition) is 1. The predicted molar refractivity (Wildman–Crippen MR) is 75.4 cm³/mol. The lowest BCUT2D eigenvalue weighted by atomic mass is 10.1. The summed E-state index contributed by atoms with van der Waals surface area (Å²) in [5, 5.41) is 9.41. The van der Waals surface area contributed by atoms with Gasteiger partial charge in [0.1, 0.15) is 5.82 Å². The van der Waals surface area contributed by atoms with E-state index < -0.39 is 5.97 Å². The van der Waals surface area contributed by atoms with E-state index in [4.69, 9.17) is 5.11 Å². The molecule has 20 heavy (non-hydrogen) atoms. The number of hydrogen-bond acceptors (Lipinski definition) is 3. The first-order valence-corrected chi connectivity index (χ1v) is 7.16. The molecule has 6 heteroatoms. The fourth-order valence-electron chi connectivity index (χ4n) is 1.84. The lowest BCUT2D eigenvalue weighted by molar-refractivity contribution is -0.133. The maximum atomic E-state index is 12.8. The molecular formula is C14H15FN2O2S. The Balaban J connectivity index is 2.03. The normalized spacial score (nSPS) is 10.7. The number of carboxylic acids is 1. The van der Waals surface area contributed by atoms with Crippen LogP contribution in [0, 0.1) is 12.7 Å². The van der Waals surface area contributed by atoms with Crippen LogP contribution in [0.3, 0.4) is 0 Å². The standard InChI is InChI=1S/C14H15FN2O2S/c1-10-8-16-14(20-9-13(18)19)17(10)7-6-11-2-4-12(15)5-3-11/h2-5,8H,6-7,9H2,1H3,(H,18,19). The Morgan fingerprint density at radius 2 is 2.10 bits per heavy atom. The van der Waals surface area contributed by atoms with E-state index in [2.05, 4.69) is 4.98 Å². The number of carbonyl (C=O) groups is 1. The molecule has 0 radical (unpaired) electrons. The number of nitrogens with zero attached hydrogens (tertiary/aromatic N) is 2. The SMILES string of the molecule is Cc1cnc(SCC(=O)O)n1CCc1ccc(F)cc1. The molecule has 0 unspecified atom stereocenters. The van der Waals surface area contributed by atoms with Gasteiger partial charge in [0, 0.05) is 18.4 Å². The molecule has 0 spiro atoms. The highest BCUT2D eigenvalue weighted by molar-refractivity contribution is 7.99. The minimum atomic E-state index is -0.860. The minimum absolute atomic E-state index is 0.00694. The zero-order valence-electron chi connectivity index (χ0n) is 11.0. The summed E-state index contributed by atoms with van der Waals surface area (Å²) in [4.78, 5) is 14.8. The van der Waals surface area contributed by atoms with Gasteiger partial charge in [-0.15, -0.1) is 0 Å². The maximum Gasteiger partial charge on any atom is 0.313 e. The van der Waals surface area contributed by atoms with Crippen LogP contribution in [-0.2, 0) is 17.8 Å². The van der Waals surface area contributed by atoms with Gasteiger partial charge in [-0.2, -0.15) is 0 Å². The molecule has 1 aromatic heterocycles. The highest BCUT2D eigenvalue weighted by Crippen LogP contribution is 2.19. The molecule has 4 nitrogen and oxygen atoms in total. The fourth-order valence-corrected chi connectivity index (χ4v) is 2.62. The van der Waals surface area contributed by atoms with Crippen molar-refractivity contribution >= 4 is 17.7 Å². The van der Waals surface area contributed by atoms with E-state index in [0.717, 1.165) is 17.7 Å². The van der Waals surface area contributed by atoms with Crippen LogP contribution >= 0.6 is 11.8 Å². The second kappa shape index (κ2) is 6.56. The van der Waals surface area contributed by atoms with E-state index in [1.54, 1.807) is 18.3 Å². The van der Waals surface area contributed by atoms with Crippen LogP contribution in [0.1, 0.15) is 11.3 Å². The summed E-state index contributed by atoms with van der Waals surface area (Å²) in [7, 11) is 0.